The van der Waals surface area contributed by atoms with Crippen LogP contribution in [-0.2, 0) is 13.3 Å². The van der Waals surface area contributed by atoms with E-state index in [-0.39, 0.29) is 5.04 Å². The minimum absolute atomic E-state index is 0.244. The summed E-state index contributed by atoms with van der Waals surface area (Å²) in [4.78, 5) is 0. The average Bonchev–Trinajstić information content (AvgIpc) is 2.18. The highest BCUT2D eigenvalue weighted by molar-refractivity contribution is 6.69. The molecule has 0 aromatic carbocycles. The molecule has 0 spiro atoms. The smallest absolute Gasteiger partial charge is 0.367 e. The summed E-state index contributed by atoms with van der Waals surface area (Å²) in [6.07, 6.45) is 0. The van der Waals surface area contributed by atoms with Gasteiger partial charge < -0.3 is 13.3 Å². The molecule has 0 saturated heterocycles. The van der Waals surface area contributed by atoms with Crippen molar-refractivity contribution in [3.05, 3.63) is 0 Å². The second-order valence-electron chi connectivity index (χ2n) is 3.29. The van der Waals surface area contributed by atoms with Crippen molar-refractivity contribution in [3.8, 4) is 23.3 Å². The molecular weight excluding hydrogens is 224 g/mol. The molecule has 3 radical (unpaired) electrons. The van der Waals surface area contributed by atoms with Gasteiger partial charge in [0.05, 0.1) is 0 Å². The summed E-state index contributed by atoms with van der Waals surface area (Å²) in [6, 6.07) is 0. The Balaban J connectivity index is 4.68. The highest BCUT2D eigenvalue weighted by atomic mass is 28.4. The van der Waals surface area contributed by atoms with Gasteiger partial charge in [-0.25, -0.2) is 0 Å². The third-order valence-corrected chi connectivity index (χ3v) is 3.63. The molecule has 0 fully saturated rings. The summed E-state index contributed by atoms with van der Waals surface area (Å²) in [6.45, 7) is 3.87. The van der Waals surface area contributed by atoms with E-state index in [1.807, 2.05) is 13.8 Å². The van der Waals surface area contributed by atoms with Crippen molar-refractivity contribution in [2.45, 2.75) is 18.9 Å². The quantitative estimate of drug-likeness (QED) is 0.538. The van der Waals surface area contributed by atoms with E-state index < -0.39 is 8.80 Å². The summed E-state index contributed by atoms with van der Waals surface area (Å²) in [5.74, 6) is 8.31. The van der Waals surface area contributed by atoms with Crippen LogP contribution in [0.1, 0.15) is 13.8 Å². The zero-order valence-electron chi connectivity index (χ0n) is 9.72. The molecule has 0 aromatic rings. The first kappa shape index (κ1) is 14.4. The minimum atomic E-state index is -2.79. The van der Waals surface area contributed by atoms with Gasteiger partial charge in [0.2, 0.25) is 0 Å². The average molecular weight is 239 g/mol. The molecule has 0 unspecified atom stereocenters. The van der Waals surface area contributed by atoms with Crippen LogP contribution in [0.3, 0.4) is 0 Å². The van der Waals surface area contributed by atoms with Crippen molar-refractivity contribution in [2.24, 2.45) is 0 Å². The topological polar surface area (TPSA) is 27.7 Å². The molecule has 0 saturated carbocycles. The fraction of sp³-hybridized carbons (Fsp3) is 0.600. The molecule has 15 heavy (non-hydrogen) atoms. The Morgan fingerprint density at radius 3 is 1.80 bits per heavy atom. The van der Waals surface area contributed by atoms with Crippen LogP contribution in [-0.4, -0.2) is 40.4 Å². The first-order valence-corrected chi connectivity index (χ1v) is 6.56. The van der Waals surface area contributed by atoms with E-state index in [4.69, 9.17) is 13.3 Å². The monoisotopic (exact) mass is 239 g/mol. The summed E-state index contributed by atoms with van der Waals surface area (Å²) in [7, 11) is 5.17. The molecule has 0 aliphatic carbocycles. The molecule has 3 nitrogen and oxygen atoms in total. The van der Waals surface area contributed by atoms with Crippen LogP contribution in [0.15, 0.2) is 0 Å². The third-order valence-electron chi connectivity index (χ3n) is 1.46. The summed E-state index contributed by atoms with van der Waals surface area (Å²) >= 11 is 0. The van der Waals surface area contributed by atoms with Crippen LogP contribution in [0, 0.1) is 23.3 Å². The number of hydrogen-bond acceptors (Lipinski definition) is 3. The highest BCUT2D eigenvalue weighted by Gasteiger charge is 2.36. The Hall–Kier alpha value is -0.566. The second-order valence-corrected chi connectivity index (χ2v) is 7.13. The van der Waals surface area contributed by atoms with E-state index in [2.05, 4.69) is 33.5 Å². The lowest BCUT2D eigenvalue weighted by atomic mass is 10.2. The predicted octanol–water partition coefficient (Wildman–Crippen LogP) is 0.778. The Labute approximate surface area is 96.3 Å². The lowest BCUT2D eigenvalue weighted by Gasteiger charge is -2.16. The maximum Gasteiger partial charge on any atom is 0.591 e. The molecule has 0 heterocycles. The van der Waals surface area contributed by atoms with Gasteiger partial charge >= 0.3 is 8.80 Å². The van der Waals surface area contributed by atoms with Gasteiger partial charge in [0, 0.05) is 36.6 Å². The maximum absolute atomic E-state index is 5.11. The zero-order chi connectivity index (χ0) is 11.9. The van der Waals surface area contributed by atoms with E-state index in [9.17, 15) is 0 Å². The standard InChI is InChI=1S/C10H15O3Si2/c1-10(2,14)8-6-7-9-15(11-3,12-4)13-5/h1-5H3. The minimum Gasteiger partial charge on any atom is -0.367 e. The van der Waals surface area contributed by atoms with Gasteiger partial charge in [-0.15, -0.1) is 0 Å². The second kappa shape index (κ2) is 6.11. The van der Waals surface area contributed by atoms with Gasteiger partial charge in [-0.1, -0.05) is 19.8 Å². The van der Waals surface area contributed by atoms with E-state index in [0.29, 0.717) is 0 Å². The van der Waals surface area contributed by atoms with E-state index in [1.165, 1.54) is 21.3 Å². The molecule has 0 aliphatic rings. The van der Waals surface area contributed by atoms with Crippen LogP contribution in [0.25, 0.3) is 0 Å². The van der Waals surface area contributed by atoms with E-state index in [0.717, 1.165) is 0 Å². The number of rotatable bonds is 3. The van der Waals surface area contributed by atoms with Gasteiger partial charge in [0.25, 0.3) is 0 Å². The van der Waals surface area contributed by atoms with Crippen LogP contribution in [0.4, 0.5) is 0 Å². The lowest BCUT2D eigenvalue weighted by molar-refractivity contribution is 0.141. The van der Waals surface area contributed by atoms with Gasteiger partial charge in [-0.2, -0.15) is 0 Å². The summed E-state index contributed by atoms with van der Waals surface area (Å²) in [5, 5.41) is -0.244. The molecule has 0 aliphatic heterocycles. The van der Waals surface area contributed by atoms with Crippen LogP contribution >= 0.6 is 0 Å². The fourth-order valence-electron chi connectivity index (χ4n) is 0.698. The van der Waals surface area contributed by atoms with Crippen molar-refractivity contribution < 1.29 is 13.3 Å². The maximum atomic E-state index is 5.11. The molecule has 81 valence electrons. The van der Waals surface area contributed by atoms with Crippen molar-refractivity contribution in [2.75, 3.05) is 21.3 Å². The molecule has 0 amide bonds. The fourth-order valence-corrected chi connectivity index (χ4v) is 1.78. The summed E-state index contributed by atoms with van der Waals surface area (Å²) in [5.41, 5.74) is 2.78. The Kier molecular flexibility index (Phi) is 5.88. The van der Waals surface area contributed by atoms with Gasteiger partial charge in [0.1, 0.15) is 0 Å². The molecule has 0 N–H and O–H groups in total. The SMILES string of the molecule is CO[Si](C#CC#CC(C)(C)[Si])(OC)OC. The predicted molar refractivity (Wildman–Crippen MR) is 62.1 cm³/mol. The lowest BCUT2D eigenvalue weighted by Crippen LogP contribution is -2.41. The van der Waals surface area contributed by atoms with Crippen molar-refractivity contribution in [1.82, 2.24) is 0 Å². The normalized spacial score (nSPS) is 11.1. The summed E-state index contributed by atoms with van der Waals surface area (Å²) < 4.78 is 15.3. The van der Waals surface area contributed by atoms with Crippen molar-refractivity contribution in [3.63, 3.8) is 0 Å². The molecule has 0 bridgehead atoms. The van der Waals surface area contributed by atoms with Crippen LogP contribution in [0.5, 0.6) is 0 Å². The van der Waals surface area contributed by atoms with Crippen molar-refractivity contribution in [1.29, 1.82) is 0 Å². The van der Waals surface area contributed by atoms with Gasteiger partial charge in [-0.3, -0.25) is 0 Å². The number of hydrogen-bond donors (Lipinski definition) is 0. The Bertz CT molecular complexity index is 299. The Morgan fingerprint density at radius 2 is 1.47 bits per heavy atom. The van der Waals surface area contributed by atoms with E-state index >= 15 is 0 Å². The molecule has 5 heteroatoms. The highest BCUT2D eigenvalue weighted by Crippen LogP contribution is 2.14. The first-order valence-electron chi connectivity index (χ1n) is 4.34. The molecule has 0 aromatic heterocycles. The molecular formula is C10H15O3Si2. The van der Waals surface area contributed by atoms with Crippen molar-refractivity contribution >= 4 is 19.0 Å². The Morgan fingerprint density at radius 1 is 1.00 bits per heavy atom. The molecule has 0 rings (SSSR count). The zero-order valence-corrected chi connectivity index (χ0v) is 11.7. The van der Waals surface area contributed by atoms with Crippen LogP contribution < -0.4 is 0 Å². The first-order chi connectivity index (χ1) is 6.89. The van der Waals surface area contributed by atoms with Crippen LogP contribution in [0.2, 0.25) is 5.04 Å². The van der Waals surface area contributed by atoms with E-state index in [1.54, 1.807) is 0 Å². The molecule has 0 atom stereocenters. The van der Waals surface area contributed by atoms with Gasteiger partial charge in [0.15, 0.2) is 0 Å². The third kappa shape index (κ3) is 5.78. The van der Waals surface area contributed by atoms with Gasteiger partial charge in [-0.05, 0) is 17.4 Å². The largest absolute Gasteiger partial charge is 0.591 e.